The number of ether oxygens (including phenoxy) is 4. The fourth-order valence-electron chi connectivity index (χ4n) is 9.23. The highest BCUT2D eigenvalue weighted by Gasteiger charge is 2.42. The first kappa shape index (κ1) is 49.4. The molecule has 4 aliphatic rings. The number of halogens is 6. The van der Waals surface area contributed by atoms with Crippen molar-refractivity contribution < 1.29 is 60.0 Å². The molecular formula is C50H58F6N4O7. The highest BCUT2D eigenvalue weighted by Crippen LogP contribution is 2.42. The van der Waals surface area contributed by atoms with Crippen LogP contribution in [0.15, 0.2) is 84.9 Å². The van der Waals surface area contributed by atoms with Crippen molar-refractivity contribution in [2.75, 3.05) is 83.0 Å². The number of aliphatic hydroxyl groups excluding tert-OH is 1. The zero-order valence-electron chi connectivity index (χ0n) is 37.8. The van der Waals surface area contributed by atoms with Gasteiger partial charge in [0, 0.05) is 43.9 Å². The van der Waals surface area contributed by atoms with Crippen molar-refractivity contribution in [3.05, 3.63) is 107 Å². The summed E-state index contributed by atoms with van der Waals surface area (Å²) < 4.78 is 101. The monoisotopic (exact) mass is 940 g/mol. The van der Waals surface area contributed by atoms with Gasteiger partial charge in [0.05, 0.1) is 42.9 Å². The van der Waals surface area contributed by atoms with E-state index in [1.807, 2.05) is 0 Å². The molecule has 4 aliphatic heterocycles. The molecule has 0 bridgehead atoms. The molecule has 17 heteroatoms. The Labute approximate surface area is 387 Å². The summed E-state index contributed by atoms with van der Waals surface area (Å²) in [7, 11) is 3.09. The normalized spacial score (nSPS) is 20.7. The Morgan fingerprint density at radius 2 is 1.04 bits per heavy atom. The molecule has 0 radical (unpaired) electrons. The van der Waals surface area contributed by atoms with Crippen LogP contribution in [0.1, 0.15) is 85.5 Å². The Kier molecular flexibility index (Phi) is 16.3. The van der Waals surface area contributed by atoms with Crippen molar-refractivity contribution in [2.24, 2.45) is 0 Å². The number of carbonyl (C=O) groups excluding carboxylic acids is 2. The quantitative estimate of drug-likeness (QED) is 0.124. The molecule has 4 heterocycles. The molecule has 0 aliphatic carbocycles. The highest BCUT2D eigenvalue weighted by atomic mass is 19.4. The summed E-state index contributed by atoms with van der Waals surface area (Å²) in [5.74, 6) is -0.0611. The van der Waals surface area contributed by atoms with Crippen molar-refractivity contribution in [3.63, 3.8) is 0 Å². The third-order valence-electron chi connectivity index (χ3n) is 12.8. The lowest BCUT2D eigenvalue weighted by molar-refractivity contribution is -0.138. The molecule has 1 N–H and O–H groups in total. The summed E-state index contributed by atoms with van der Waals surface area (Å²) in [6, 6.07) is 20.0. The molecule has 4 aromatic rings. The lowest BCUT2D eigenvalue weighted by Gasteiger charge is -2.26. The van der Waals surface area contributed by atoms with Crippen LogP contribution in [-0.2, 0) is 21.9 Å². The van der Waals surface area contributed by atoms with Crippen molar-refractivity contribution in [3.8, 4) is 23.0 Å². The standard InChI is InChI=1S/C25H29F3N2O4.C25H29F3N2O3/c1-33-21-9-8-19(15-22(21)34-13-12-29-10-3-2-4-11-29)30-23(31)16-20(24(30)32)17-6-5-7-18(14-17)25(26,27)28;1-32-22-9-8-20(17-23(22)33-15-14-29-11-3-2-4-12-29)30-13-10-21(24(30)31)18-6-5-7-19(16-18)25(26,27)28/h5-9,14-15,20,23,31H,2-4,10-13,16H2,1H3;5-9,16-17,21H,2-4,10-15H2,1H3. The fraction of sp³-hybridized carbons (Fsp3) is 0.480. The zero-order chi connectivity index (χ0) is 47.7. The van der Waals surface area contributed by atoms with E-state index in [-0.39, 0.29) is 17.9 Å². The topological polar surface area (TPSA) is 104 Å². The molecule has 67 heavy (non-hydrogen) atoms. The molecule has 2 amide bonds. The summed E-state index contributed by atoms with van der Waals surface area (Å²) in [5.41, 5.74) is 0.125. The molecule has 8 rings (SSSR count). The summed E-state index contributed by atoms with van der Waals surface area (Å²) in [6.07, 6.45) is -2.34. The number of amides is 2. The van der Waals surface area contributed by atoms with E-state index >= 15 is 0 Å². The molecule has 3 unspecified atom stereocenters. The summed E-state index contributed by atoms with van der Waals surface area (Å²) in [5, 5.41) is 10.6. The van der Waals surface area contributed by atoms with Gasteiger partial charge in [-0.05, 0) is 106 Å². The Morgan fingerprint density at radius 3 is 1.54 bits per heavy atom. The highest BCUT2D eigenvalue weighted by molar-refractivity contribution is 6.01. The van der Waals surface area contributed by atoms with Crippen molar-refractivity contribution in [2.45, 2.75) is 81.8 Å². The number of hydrogen-bond acceptors (Lipinski definition) is 9. The van der Waals surface area contributed by atoms with E-state index in [9.17, 15) is 41.0 Å². The van der Waals surface area contributed by atoms with Gasteiger partial charge in [-0.3, -0.25) is 24.3 Å². The molecule has 0 aromatic heterocycles. The van der Waals surface area contributed by atoms with Crippen LogP contribution in [0.3, 0.4) is 0 Å². The number of nitrogens with zero attached hydrogens (tertiary/aromatic N) is 4. The zero-order valence-corrected chi connectivity index (χ0v) is 37.8. The number of piperidine rings is 2. The van der Waals surface area contributed by atoms with E-state index in [1.165, 1.54) is 68.7 Å². The Morgan fingerprint density at radius 1 is 0.567 bits per heavy atom. The van der Waals surface area contributed by atoms with Gasteiger partial charge in [0.25, 0.3) is 0 Å². The average molecular weight is 941 g/mol. The molecule has 4 fully saturated rings. The largest absolute Gasteiger partial charge is 0.493 e. The molecule has 362 valence electrons. The molecule has 4 aromatic carbocycles. The second-order valence-corrected chi connectivity index (χ2v) is 17.2. The number of hydrogen-bond donors (Lipinski definition) is 1. The number of carbonyl (C=O) groups is 2. The maximum absolute atomic E-state index is 13.2. The van der Waals surface area contributed by atoms with Crippen LogP contribution in [0.25, 0.3) is 0 Å². The van der Waals surface area contributed by atoms with Gasteiger partial charge >= 0.3 is 12.4 Å². The second kappa shape index (κ2) is 22.1. The first-order valence-electron chi connectivity index (χ1n) is 22.9. The van der Waals surface area contributed by atoms with Crippen LogP contribution >= 0.6 is 0 Å². The SMILES string of the molecule is COc1ccc(N2C(=O)C(c3cccc(C(F)(F)F)c3)CC2O)cc1OCCN1CCCCC1.COc1ccc(N2CCC(c3cccc(C(F)(F)F)c3)C2=O)cc1OCCN1CCCCC1. The van der Waals surface area contributed by atoms with Gasteiger partial charge in [-0.25, -0.2) is 0 Å². The van der Waals surface area contributed by atoms with Gasteiger partial charge < -0.3 is 29.0 Å². The second-order valence-electron chi connectivity index (χ2n) is 17.2. The van der Waals surface area contributed by atoms with Crippen LogP contribution in [0.2, 0.25) is 0 Å². The first-order valence-corrected chi connectivity index (χ1v) is 22.9. The summed E-state index contributed by atoms with van der Waals surface area (Å²) >= 11 is 0. The van der Waals surface area contributed by atoms with Crippen LogP contribution < -0.4 is 28.7 Å². The maximum Gasteiger partial charge on any atom is 0.416 e. The van der Waals surface area contributed by atoms with Gasteiger partial charge in [0.2, 0.25) is 11.8 Å². The first-order chi connectivity index (χ1) is 32.1. The predicted octanol–water partition coefficient (Wildman–Crippen LogP) is 9.52. The Hall–Kier alpha value is -5.52. The molecule has 0 spiro atoms. The predicted molar refractivity (Wildman–Crippen MR) is 241 cm³/mol. The van der Waals surface area contributed by atoms with Gasteiger partial charge in [-0.15, -0.1) is 0 Å². The van der Waals surface area contributed by atoms with Gasteiger partial charge in [0.15, 0.2) is 23.0 Å². The summed E-state index contributed by atoms with van der Waals surface area (Å²) in [6.45, 7) is 7.25. The van der Waals surface area contributed by atoms with E-state index in [1.54, 1.807) is 54.5 Å². The maximum atomic E-state index is 13.2. The van der Waals surface area contributed by atoms with Crippen molar-refractivity contribution in [1.82, 2.24) is 9.80 Å². The van der Waals surface area contributed by atoms with Crippen LogP contribution in [0, 0.1) is 0 Å². The number of benzene rings is 4. The number of methoxy groups -OCH3 is 2. The molecule has 4 saturated heterocycles. The van der Waals surface area contributed by atoms with Crippen molar-refractivity contribution in [1.29, 1.82) is 0 Å². The third kappa shape index (κ3) is 12.3. The number of likely N-dealkylation sites (tertiary alicyclic amines) is 2. The van der Waals surface area contributed by atoms with Gasteiger partial charge in [-0.2, -0.15) is 26.3 Å². The molecule has 3 atom stereocenters. The lowest BCUT2D eigenvalue weighted by atomic mass is 9.95. The molecule has 11 nitrogen and oxygen atoms in total. The minimum absolute atomic E-state index is 0.00266. The minimum atomic E-state index is -4.51. The summed E-state index contributed by atoms with van der Waals surface area (Å²) in [4.78, 5) is 33.8. The smallest absolute Gasteiger partial charge is 0.416 e. The Bertz CT molecular complexity index is 2300. The van der Waals surface area contributed by atoms with Crippen LogP contribution in [0.4, 0.5) is 37.7 Å². The molecular weight excluding hydrogens is 883 g/mol. The Balaban J connectivity index is 0.000000199. The number of alkyl halides is 6. The van der Waals surface area contributed by atoms with E-state index in [0.717, 1.165) is 63.5 Å². The third-order valence-corrected chi connectivity index (χ3v) is 12.8. The van der Waals surface area contributed by atoms with E-state index in [4.69, 9.17) is 18.9 Å². The van der Waals surface area contributed by atoms with E-state index in [2.05, 4.69) is 9.80 Å². The average Bonchev–Trinajstić information content (AvgIpc) is 3.86. The molecule has 0 saturated carbocycles. The van der Waals surface area contributed by atoms with E-state index in [0.29, 0.717) is 66.1 Å². The van der Waals surface area contributed by atoms with E-state index < -0.39 is 47.5 Å². The van der Waals surface area contributed by atoms with Crippen molar-refractivity contribution >= 4 is 23.2 Å². The fourth-order valence-corrected chi connectivity index (χ4v) is 9.23. The van der Waals surface area contributed by atoms with Gasteiger partial charge in [-0.1, -0.05) is 49.2 Å². The number of aliphatic hydroxyl groups is 1. The van der Waals surface area contributed by atoms with Gasteiger partial charge in [0.1, 0.15) is 19.4 Å². The lowest BCUT2D eigenvalue weighted by Crippen LogP contribution is -2.34. The number of anilines is 2. The number of rotatable bonds is 14. The van der Waals surface area contributed by atoms with Crippen LogP contribution in [-0.4, -0.2) is 106 Å². The van der Waals surface area contributed by atoms with Crippen LogP contribution in [0.5, 0.6) is 23.0 Å². The minimum Gasteiger partial charge on any atom is -0.493 e.